The Balaban J connectivity index is 1.34. The van der Waals surface area contributed by atoms with Crippen molar-refractivity contribution in [3.8, 4) is 0 Å². The molecule has 1 amide bonds. The first-order valence-corrected chi connectivity index (χ1v) is 8.54. The van der Waals surface area contributed by atoms with Gasteiger partial charge in [0.25, 0.3) is 0 Å². The Labute approximate surface area is 136 Å². The number of benzene rings is 1. The van der Waals surface area contributed by atoms with Crippen molar-refractivity contribution in [2.45, 2.75) is 44.8 Å². The lowest BCUT2D eigenvalue weighted by Gasteiger charge is -2.49. The number of fused-ring (bicyclic) bond motifs is 1. The molecule has 1 atom stereocenters. The number of amides is 1. The maximum Gasteiger partial charge on any atom is 0.246 e. The molecule has 23 heavy (non-hydrogen) atoms. The molecule has 0 bridgehead atoms. The van der Waals surface area contributed by atoms with Gasteiger partial charge in [-0.25, -0.2) is 0 Å². The largest absolute Gasteiger partial charge is 0.338 e. The maximum atomic E-state index is 12.4. The quantitative estimate of drug-likeness (QED) is 0.862. The molecular formula is C17H23N5O. The molecule has 6 heteroatoms. The predicted molar refractivity (Wildman–Crippen MR) is 87.9 cm³/mol. The Hall–Kier alpha value is -1.95. The van der Waals surface area contributed by atoms with Crippen LogP contribution < -0.4 is 0 Å². The Kier molecular flexibility index (Phi) is 3.77. The van der Waals surface area contributed by atoms with Crippen LogP contribution >= 0.6 is 0 Å². The maximum absolute atomic E-state index is 12.4. The van der Waals surface area contributed by atoms with Crippen molar-refractivity contribution < 1.29 is 4.79 Å². The van der Waals surface area contributed by atoms with Gasteiger partial charge in [-0.05, 0) is 38.4 Å². The molecule has 0 aliphatic carbocycles. The van der Waals surface area contributed by atoms with E-state index in [1.807, 2.05) is 29.2 Å². The molecule has 2 fully saturated rings. The van der Waals surface area contributed by atoms with Crippen molar-refractivity contribution >= 4 is 16.9 Å². The van der Waals surface area contributed by atoms with E-state index in [2.05, 4.69) is 22.0 Å². The number of aromatic nitrogens is 3. The first-order chi connectivity index (χ1) is 11.2. The number of piperidine rings is 1. The summed E-state index contributed by atoms with van der Waals surface area (Å²) in [6.07, 6.45) is 3.92. The minimum atomic E-state index is 0.117. The normalized spacial score (nSPS) is 23.2. The van der Waals surface area contributed by atoms with Crippen molar-refractivity contribution in [3.05, 3.63) is 24.3 Å². The summed E-state index contributed by atoms with van der Waals surface area (Å²) < 4.78 is 0. The van der Waals surface area contributed by atoms with Crippen LogP contribution in [0, 0.1) is 0 Å². The summed E-state index contributed by atoms with van der Waals surface area (Å²) in [4.78, 5) is 18.4. The second kappa shape index (κ2) is 5.92. The van der Waals surface area contributed by atoms with Gasteiger partial charge in [0.1, 0.15) is 17.6 Å². The van der Waals surface area contributed by atoms with Gasteiger partial charge in [-0.3, -0.25) is 9.69 Å². The Bertz CT molecular complexity index is 673. The van der Waals surface area contributed by atoms with E-state index in [0.717, 1.165) is 24.1 Å². The third-order valence-corrected chi connectivity index (χ3v) is 5.14. The van der Waals surface area contributed by atoms with E-state index < -0.39 is 0 Å². The van der Waals surface area contributed by atoms with E-state index in [1.54, 1.807) is 0 Å². The van der Waals surface area contributed by atoms with E-state index in [-0.39, 0.29) is 12.5 Å². The van der Waals surface area contributed by atoms with Crippen molar-refractivity contribution in [3.63, 3.8) is 0 Å². The first-order valence-electron chi connectivity index (χ1n) is 8.54. The summed E-state index contributed by atoms with van der Waals surface area (Å²) in [6.45, 7) is 5.42. The summed E-state index contributed by atoms with van der Waals surface area (Å²) in [5.41, 5.74) is 1.67. The highest BCUT2D eigenvalue weighted by Gasteiger charge is 2.37. The van der Waals surface area contributed by atoms with E-state index >= 15 is 0 Å². The van der Waals surface area contributed by atoms with Crippen LogP contribution in [-0.2, 0) is 11.3 Å². The standard InChI is InChI=1S/C17H23N5O/c1-13-6-4-5-9-21(13)14-10-20(11-14)17(23)12-22-18-15-7-2-3-8-16(15)19-22/h2-3,7-8,13-14H,4-6,9-12H2,1H3. The van der Waals surface area contributed by atoms with Crippen LogP contribution in [0.25, 0.3) is 11.0 Å². The molecule has 0 N–H and O–H groups in total. The van der Waals surface area contributed by atoms with E-state index in [0.29, 0.717) is 12.1 Å². The fourth-order valence-corrected chi connectivity index (χ4v) is 3.73. The smallest absolute Gasteiger partial charge is 0.246 e. The molecule has 3 heterocycles. The van der Waals surface area contributed by atoms with Gasteiger partial charge in [0.05, 0.1) is 0 Å². The summed E-state index contributed by atoms with van der Waals surface area (Å²) in [5, 5.41) is 8.72. The highest BCUT2D eigenvalue weighted by Crippen LogP contribution is 2.24. The van der Waals surface area contributed by atoms with Gasteiger partial charge in [-0.15, -0.1) is 0 Å². The van der Waals surface area contributed by atoms with Crippen LogP contribution in [0.1, 0.15) is 26.2 Å². The van der Waals surface area contributed by atoms with Gasteiger partial charge in [-0.1, -0.05) is 18.6 Å². The third-order valence-electron chi connectivity index (χ3n) is 5.14. The molecule has 2 aromatic rings. The van der Waals surface area contributed by atoms with Gasteiger partial charge < -0.3 is 4.90 Å². The number of hydrogen-bond donors (Lipinski definition) is 0. The highest BCUT2D eigenvalue weighted by atomic mass is 16.2. The van der Waals surface area contributed by atoms with E-state index in [9.17, 15) is 4.79 Å². The average molecular weight is 313 g/mol. The molecule has 0 saturated carbocycles. The van der Waals surface area contributed by atoms with E-state index in [1.165, 1.54) is 30.6 Å². The molecular weight excluding hydrogens is 290 g/mol. The van der Waals surface area contributed by atoms with Crippen molar-refractivity contribution in [2.24, 2.45) is 0 Å². The van der Waals surface area contributed by atoms with Crippen LogP contribution in [-0.4, -0.2) is 62.4 Å². The molecule has 1 unspecified atom stereocenters. The zero-order chi connectivity index (χ0) is 15.8. The molecule has 2 saturated heterocycles. The van der Waals surface area contributed by atoms with Crippen LogP contribution in [0.15, 0.2) is 24.3 Å². The first kappa shape index (κ1) is 14.6. The van der Waals surface area contributed by atoms with Crippen LogP contribution in [0.5, 0.6) is 0 Å². The zero-order valence-corrected chi connectivity index (χ0v) is 13.6. The minimum absolute atomic E-state index is 0.117. The topological polar surface area (TPSA) is 54.3 Å². The van der Waals surface area contributed by atoms with Crippen molar-refractivity contribution in [1.29, 1.82) is 0 Å². The summed E-state index contributed by atoms with van der Waals surface area (Å²) in [5.74, 6) is 0.117. The number of carbonyl (C=O) groups excluding carboxylic acids is 1. The minimum Gasteiger partial charge on any atom is -0.338 e. The van der Waals surface area contributed by atoms with Crippen molar-refractivity contribution in [1.82, 2.24) is 24.8 Å². The Morgan fingerprint density at radius 1 is 1.17 bits per heavy atom. The highest BCUT2D eigenvalue weighted by molar-refractivity contribution is 5.78. The van der Waals surface area contributed by atoms with Gasteiger partial charge in [0.15, 0.2) is 0 Å². The molecule has 1 aromatic heterocycles. The van der Waals surface area contributed by atoms with E-state index in [4.69, 9.17) is 0 Å². The van der Waals surface area contributed by atoms with Crippen molar-refractivity contribution in [2.75, 3.05) is 19.6 Å². The molecule has 2 aliphatic rings. The number of nitrogens with zero attached hydrogens (tertiary/aromatic N) is 5. The lowest BCUT2D eigenvalue weighted by molar-refractivity contribution is -0.140. The average Bonchev–Trinajstić information content (AvgIpc) is 2.89. The second-order valence-electron chi connectivity index (χ2n) is 6.75. The summed E-state index contributed by atoms with van der Waals surface area (Å²) in [7, 11) is 0. The van der Waals surface area contributed by atoms with Gasteiger partial charge in [0.2, 0.25) is 5.91 Å². The fraction of sp³-hybridized carbons (Fsp3) is 0.588. The van der Waals surface area contributed by atoms with Gasteiger partial charge in [-0.2, -0.15) is 15.0 Å². The third kappa shape index (κ3) is 2.83. The molecule has 122 valence electrons. The number of likely N-dealkylation sites (tertiary alicyclic amines) is 2. The zero-order valence-electron chi connectivity index (χ0n) is 13.6. The number of hydrogen-bond acceptors (Lipinski definition) is 4. The lowest BCUT2D eigenvalue weighted by atomic mass is 9.97. The Morgan fingerprint density at radius 2 is 1.87 bits per heavy atom. The summed E-state index contributed by atoms with van der Waals surface area (Å²) >= 11 is 0. The molecule has 6 nitrogen and oxygen atoms in total. The van der Waals surface area contributed by atoms with Crippen LogP contribution in [0.2, 0.25) is 0 Å². The molecule has 0 radical (unpaired) electrons. The van der Waals surface area contributed by atoms with Gasteiger partial charge >= 0.3 is 0 Å². The fourth-order valence-electron chi connectivity index (χ4n) is 3.73. The second-order valence-corrected chi connectivity index (χ2v) is 6.75. The molecule has 0 spiro atoms. The predicted octanol–water partition coefficient (Wildman–Crippen LogP) is 1.52. The summed E-state index contributed by atoms with van der Waals surface area (Å²) in [6, 6.07) is 8.90. The van der Waals surface area contributed by atoms with Crippen LogP contribution in [0.4, 0.5) is 0 Å². The monoisotopic (exact) mass is 313 g/mol. The SMILES string of the molecule is CC1CCCCN1C1CN(C(=O)Cn2nc3ccccc3n2)C1. The van der Waals surface area contributed by atoms with Crippen LogP contribution in [0.3, 0.4) is 0 Å². The Morgan fingerprint density at radius 3 is 2.52 bits per heavy atom. The van der Waals surface area contributed by atoms with Gasteiger partial charge in [0, 0.05) is 25.2 Å². The number of rotatable bonds is 3. The molecule has 4 rings (SSSR count). The molecule has 1 aromatic carbocycles. The molecule has 2 aliphatic heterocycles. The number of carbonyl (C=O) groups is 1. The lowest BCUT2D eigenvalue weighted by Crippen LogP contribution is -2.64.